The molecule has 0 unspecified atom stereocenters. The van der Waals surface area contributed by atoms with Gasteiger partial charge in [-0.3, -0.25) is 14.4 Å². The largest absolute Gasteiger partial charge is 0.466 e. The van der Waals surface area contributed by atoms with E-state index in [9.17, 15) is 19.5 Å². The van der Waals surface area contributed by atoms with Crippen LogP contribution in [0.2, 0.25) is 0 Å². The molecule has 2 atom stereocenters. The van der Waals surface area contributed by atoms with Gasteiger partial charge < -0.3 is 30.4 Å². The van der Waals surface area contributed by atoms with E-state index < -0.39 is 36.5 Å². The van der Waals surface area contributed by atoms with Gasteiger partial charge in [0.2, 0.25) is 0 Å². The minimum atomic E-state index is -0.930. The van der Waals surface area contributed by atoms with Gasteiger partial charge in [-0.1, -0.05) is 11.6 Å². The van der Waals surface area contributed by atoms with Gasteiger partial charge in [0, 0.05) is 35.3 Å². The summed E-state index contributed by atoms with van der Waals surface area (Å²) in [5, 5.41) is 16.8. The standard InChI is InChI=1S/C25H31N5O5S/c1-4-35-22(32)11-18(27-23(33)19-10-15-9-14(2)5-6-16(15)26-19)20(13-31)28-24(34)25-29-17-7-8-30(3)12-21(17)36-25/h5-6,9-10,18,20,26,31H,4,7-8,11-13H2,1-3H3,(H,27,33)(H,28,34)/t18-,20-/m1/s1. The number of benzene rings is 1. The fraction of sp³-hybridized carbons (Fsp3) is 0.440. The number of aryl methyl sites for hydroxylation is 1. The molecule has 192 valence electrons. The molecule has 1 aromatic carbocycles. The van der Waals surface area contributed by atoms with Gasteiger partial charge in [-0.25, -0.2) is 4.98 Å². The Bertz CT molecular complexity index is 1270. The quantitative estimate of drug-likeness (QED) is 0.320. The van der Waals surface area contributed by atoms with E-state index in [4.69, 9.17) is 4.74 Å². The number of ether oxygens (including phenoxy) is 1. The summed E-state index contributed by atoms with van der Waals surface area (Å²) in [5.41, 5.74) is 3.09. The van der Waals surface area contributed by atoms with Gasteiger partial charge in [0.15, 0.2) is 5.01 Å². The number of nitrogens with zero attached hydrogens (tertiary/aromatic N) is 2. The predicted molar refractivity (Wildman–Crippen MR) is 136 cm³/mol. The van der Waals surface area contributed by atoms with Crippen molar-refractivity contribution >= 4 is 40.0 Å². The normalized spacial score (nSPS) is 15.2. The van der Waals surface area contributed by atoms with Crippen molar-refractivity contribution in [2.45, 2.75) is 45.3 Å². The Balaban J connectivity index is 1.51. The molecule has 0 aliphatic carbocycles. The maximum absolute atomic E-state index is 13.1. The Morgan fingerprint density at radius 2 is 2.00 bits per heavy atom. The molecule has 0 saturated heterocycles. The minimum Gasteiger partial charge on any atom is -0.466 e. The number of aliphatic hydroxyl groups is 1. The van der Waals surface area contributed by atoms with Crippen LogP contribution in [0.3, 0.4) is 0 Å². The topological polar surface area (TPSA) is 137 Å². The van der Waals surface area contributed by atoms with E-state index in [1.54, 1.807) is 13.0 Å². The van der Waals surface area contributed by atoms with Crippen LogP contribution in [0.5, 0.6) is 0 Å². The highest BCUT2D eigenvalue weighted by Crippen LogP contribution is 2.24. The molecule has 11 heteroatoms. The number of likely N-dealkylation sites (N-methyl/N-ethyl adjacent to an activating group) is 1. The predicted octanol–water partition coefficient (Wildman–Crippen LogP) is 1.76. The fourth-order valence-corrected chi connectivity index (χ4v) is 5.33. The summed E-state index contributed by atoms with van der Waals surface area (Å²) < 4.78 is 5.06. The second kappa shape index (κ2) is 11.2. The lowest BCUT2D eigenvalue weighted by Crippen LogP contribution is -2.54. The lowest BCUT2D eigenvalue weighted by atomic mass is 10.0. The Labute approximate surface area is 213 Å². The van der Waals surface area contributed by atoms with Crippen LogP contribution in [0, 0.1) is 6.92 Å². The van der Waals surface area contributed by atoms with Crippen molar-refractivity contribution in [3.63, 3.8) is 0 Å². The second-order valence-electron chi connectivity index (χ2n) is 9.00. The number of thiazole rings is 1. The van der Waals surface area contributed by atoms with Gasteiger partial charge in [-0.2, -0.15) is 0 Å². The Hall–Kier alpha value is -3.28. The SMILES string of the molecule is CCOC(=O)C[C@@H](NC(=O)c1cc2cc(C)ccc2[nH]1)[C@@H](CO)NC(=O)c1nc2c(s1)CN(C)CC2. The van der Waals surface area contributed by atoms with E-state index in [0.717, 1.165) is 46.5 Å². The molecule has 4 N–H and O–H groups in total. The van der Waals surface area contributed by atoms with Crippen molar-refractivity contribution in [1.29, 1.82) is 0 Å². The Morgan fingerprint density at radius 1 is 1.22 bits per heavy atom. The van der Waals surface area contributed by atoms with E-state index in [1.165, 1.54) is 11.3 Å². The molecular weight excluding hydrogens is 482 g/mol. The zero-order valence-corrected chi connectivity index (χ0v) is 21.4. The zero-order chi connectivity index (χ0) is 25.8. The number of rotatable bonds is 9. The first-order valence-corrected chi connectivity index (χ1v) is 12.7. The first-order valence-electron chi connectivity index (χ1n) is 11.9. The number of nitrogens with one attached hydrogen (secondary N) is 3. The molecule has 0 spiro atoms. The van der Waals surface area contributed by atoms with Crippen LogP contribution in [0.1, 0.15) is 49.8 Å². The van der Waals surface area contributed by atoms with E-state index in [-0.39, 0.29) is 13.0 Å². The van der Waals surface area contributed by atoms with Crippen LogP contribution in [-0.4, -0.2) is 76.6 Å². The third-order valence-electron chi connectivity index (χ3n) is 6.14. The lowest BCUT2D eigenvalue weighted by Gasteiger charge is -2.26. The number of esters is 1. The van der Waals surface area contributed by atoms with E-state index in [2.05, 4.69) is 25.5 Å². The maximum atomic E-state index is 13.1. The van der Waals surface area contributed by atoms with Gasteiger partial charge in [0.25, 0.3) is 11.8 Å². The molecule has 3 aromatic rings. The molecule has 1 aliphatic heterocycles. The van der Waals surface area contributed by atoms with Gasteiger partial charge in [0.1, 0.15) is 5.69 Å². The molecule has 2 aromatic heterocycles. The van der Waals surface area contributed by atoms with Crippen molar-refractivity contribution in [3.8, 4) is 0 Å². The molecule has 0 bridgehead atoms. The molecule has 0 fully saturated rings. The summed E-state index contributed by atoms with van der Waals surface area (Å²) in [4.78, 5) is 49.1. The smallest absolute Gasteiger partial charge is 0.307 e. The van der Waals surface area contributed by atoms with Gasteiger partial charge in [0.05, 0.1) is 37.4 Å². The third kappa shape index (κ3) is 5.92. The van der Waals surface area contributed by atoms with Crippen molar-refractivity contribution in [1.82, 2.24) is 25.5 Å². The average molecular weight is 514 g/mol. The number of aliphatic hydroxyl groups excluding tert-OH is 1. The molecule has 0 radical (unpaired) electrons. The Morgan fingerprint density at radius 3 is 2.75 bits per heavy atom. The Kier molecular flexibility index (Phi) is 8.02. The van der Waals surface area contributed by atoms with Gasteiger partial charge in [-0.15, -0.1) is 11.3 Å². The number of H-pyrrole nitrogens is 1. The molecule has 36 heavy (non-hydrogen) atoms. The molecule has 3 heterocycles. The first kappa shape index (κ1) is 25.8. The molecule has 0 saturated carbocycles. The van der Waals surface area contributed by atoms with Crippen molar-refractivity contribution in [3.05, 3.63) is 51.1 Å². The van der Waals surface area contributed by atoms with Crippen LogP contribution in [-0.2, 0) is 22.5 Å². The zero-order valence-electron chi connectivity index (χ0n) is 20.6. The molecular formula is C25H31N5O5S. The number of amides is 2. The van der Waals surface area contributed by atoms with Crippen LogP contribution >= 0.6 is 11.3 Å². The molecule has 10 nitrogen and oxygen atoms in total. The average Bonchev–Trinajstić information content (AvgIpc) is 3.45. The number of aromatic nitrogens is 2. The van der Waals surface area contributed by atoms with Crippen molar-refractivity contribution in [2.75, 3.05) is 26.8 Å². The summed E-state index contributed by atoms with van der Waals surface area (Å²) in [6, 6.07) is 5.68. The van der Waals surface area contributed by atoms with E-state index in [0.29, 0.717) is 10.7 Å². The summed E-state index contributed by atoms with van der Waals surface area (Å²) >= 11 is 1.32. The van der Waals surface area contributed by atoms with Crippen LogP contribution < -0.4 is 10.6 Å². The van der Waals surface area contributed by atoms with Gasteiger partial charge >= 0.3 is 5.97 Å². The van der Waals surface area contributed by atoms with Crippen molar-refractivity contribution in [2.24, 2.45) is 0 Å². The summed E-state index contributed by atoms with van der Waals surface area (Å²) in [7, 11) is 2.02. The minimum absolute atomic E-state index is 0.177. The molecule has 2 amide bonds. The number of hydrogen-bond donors (Lipinski definition) is 4. The highest BCUT2D eigenvalue weighted by molar-refractivity contribution is 7.13. The number of fused-ring (bicyclic) bond motifs is 2. The fourth-order valence-electron chi connectivity index (χ4n) is 4.24. The number of aromatic amines is 1. The van der Waals surface area contributed by atoms with Crippen LogP contribution in [0.4, 0.5) is 0 Å². The summed E-state index contributed by atoms with van der Waals surface area (Å²) in [5.74, 6) is -1.46. The maximum Gasteiger partial charge on any atom is 0.307 e. The molecule has 1 aliphatic rings. The highest BCUT2D eigenvalue weighted by Gasteiger charge is 2.30. The first-order chi connectivity index (χ1) is 17.3. The van der Waals surface area contributed by atoms with Crippen molar-refractivity contribution < 1.29 is 24.2 Å². The number of carbonyl (C=O) groups is 3. The summed E-state index contributed by atoms with van der Waals surface area (Å²) in [6.45, 7) is 4.94. The number of carbonyl (C=O) groups excluding carboxylic acids is 3. The van der Waals surface area contributed by atoms with Crippen LogP contribution in [0.25, 0.3) is 10.9 Å². The highest BCUT2D eigenvalue weighted by atomic mass is 32.1. The number of hydrogen-bond acceptors (Lipinski definition) is 8. The van der Waals surface area contributed by atoms with Gasteiger partial charge in [-0.05, 0) is 39.1 Å². The summed E-state index contributed by atoms with van der Waals surface area (Å²) in [6.07, 6.45) is 0.550. The monoisotopic (exact) mass is 513 g/mol. The lowest BCUT2D eigenvalue weighted by molar-refractivity contribution is -0.143. The molecule has 4 rings (SSSR count). The van der Waals surface area contributed by atoms with E-state index in [1.807, 2.05) is 32.2 Å². The van der Waals surface area contributed by atoms with Crippen LogP contribution in [0.15, 0.2) is 24.3 Å². The second-order valence-corrected chi connectivity index (χ2v) is 10.1. The third-order valence-corrected chi connectivity index (χ3v) is 7.23. The van der Waals surface area contributed by atoms with E-state index >= 15 is 0 Å².